The largest absolute Gasteiger partial charge is 0.378 e. The summed E-state index contributed by atoms with van der Waals surface area (Å²) in [4.78, 5) is 6.88. The molecule has 1 saturated heterocycles. The quantitative estimate of drug-likeness (QED) is 0.930. The first kappa shape index (κ1) is 15.1. The summed E-state index contributed by atoms with van der Waals surface area (Å²) >= 11 is 0. The Morgan fingerprint density at radius 2 is 2.18 bits per heavy atom. The van der Waals surface area contributed by atoms with Crippen LogP contribution >= 0.6 is 0 Å². The molecule has 22 heavy (non-hydrogen) atoms. The number of nitrogens with one attached hydrogen (secondary N) is 1. The number of hydrogen-bond acceptors (Lipinski definition) is 4. The van der Waals surface area contributed by atoms with Gasteiger partial charge in [-0.05, 0) is 19.1 Å². The average molecular weight is 325 g/mol. The Balaban J connectivity index is 2.02. The standard InChI is InChI=1S/C14H16FN3O3S/c1-10-8-16-14(17-10)12-9-21-7-6-18(12)22(19,20)13-5-3-2-4-11(13)15/h2-5,8,12H,6-7,9H2,1H3,(H,16,17)/t12-/m0/s1. The second-order valence-electron chi connectivity index (χ2n) is 5.09. The molecule has 0 saturated carbocycles. The predicted molar refractivity (Wildman–Crippen MR) is 77.2 cm³/mol. The number of aromatic amines is 1. The molecule has 1 N–H and O–H groups in total. The first-order chi connectivity index (χ1) is 10.5. The monoisotopic (exact) mass is 325 g/mol. The Morgan fingerprint density at radius 3 is 2.86 bits per heavy atom. The van der Waals surface area contributed by atoms with E-state index >= 15 is 0 Å². The van der Waals surface area contributed by atoms with Crippen molar-refractivity contribution in [3.8, 4) is 0 Å². The number of halogens is 1. The lowest BCUT2D eigenvalue weighted by molar-refractivity contribution is 0.0291. The van der Waals surface area contributed by atoms with Crippen molar-refractivity contribution in [3.63, 3.8) is 0 Å². The Kier molecular flexibility index (Phi) is 3.98. The van der Waals surface area contributed by atoms with Crippen LogP contribution in [-0.4, -0.2) is 42.4 Å². The molecule has 0 radical (unpaired) electrons. The van der Waals surface area contributed by atoms with Gasteiger partial charge in [-0.2, -0.15) is 4.31 Å². The van der Waals surface area contributed by atoms with Gasteiger partial charge in [0.05, 0.1) is 13.2 Å². The third kappa shape index (κ3) is 2.65. The highest BCUT2D eigenvalue weighted by Crippen LogP contribution is 2.29. The zero-order valence-corrected chi connectivity index (χ0v) is 12.8. The van der Waals surface area contributed by atoms with Gasteiger partial charge in [-0.15, -0.1) is 0 Å². The summed E-state index contributed by atoms with van der Waals surface area (Å²) in [5.74, 6) is -0.263. The number of sulfonamides is 1. The van der Waals surface area contributed by atoms with E-state index < -0.39 is 21.9 Å². The highest BCUT2D eigenvalue weighted by molar-refractivity contribution is 7.89. The SMILES string of the molecule is Cc1cnc([C@@H]2COCCN2S(=O)(=O)c2ccccc2F)[nH]1. The van der Waals surface area contributed by atoms with Crippen molar-refractivity contribution in [1.29, 1.82) is 0 Å². The summed E-state index contributed by atoms with van der Waals surface area (Å²) in [5, 5.41) is 0. The van der Waals surface area contributed by atoms with Gasteiger partial charge < -0.3 is 9.72 Å². The Morgan fingerprint density at radius 1 is 1.41 bits per heavy atom. The summed E-state index contributed by atoms with van der Waals surface area (Å²) in [6.07, 6.45) is 1.62. The second kappa shape index (κ2) is 5.79. The number of hydrogen-bond donors (Lipinski definition) is 1. The molecule has 1 aromatic heterocycles. The molecule has 8 heteroatoms. The van der Waals surface area contributed by atoms with E-state index in [9.17, 15) is 12.8 Å². The van der Waals surface area contributed by atoms with Crippen molar-refractivity contribution in [3.05, 3.63) is 47.8 Å². The number of aromatic nitrogens is 2. The van der Waals surface area contributed by atoms with Gasteiger partial charge in [-0.25, -0.2) is 17.8 Å². The first-order valence-electron chi connectivity index (χ1n) is 6.86. The molecule has 1 atom stereocenters. The summed E-state index contributed by atoms with van der Waals surface area (Å²) in [6.45, 7) is 2.43. The van der Waals surface area contributed by atoms with Crippen molar-refractivity contribution in [2.45, 2.75) is 17.9 Å². The molecule has 0 unspecified atom stereocenters. The van der Waals surface area contributed by atoms with E-state index in [4.69, 9.17) is 4.74 Å². The first-order valence-corrected chi connectivity index (χ1v) is 8.30. The molecule has 0 amide bonds. The molecule has 0 bridgehead atoms. The molecule has 1 aliphatic heterocycles. The van der Waals surface area contributed by atoms with Crippen LogP contribution in [0.3, 0.4) is 0 Å². The topological polar surface area (TPSA) is 75.3 Å². The van der Waals surface area contributed by atoms with Crippen LogP contribution in [0.25, 0.3) is 0 Å². The Bertz CT molecular complexity index is 775. The molecule has 1 fully saturated rings. The Labute approximate surface area is 128 Å². The maximum atomic E-state index is 13.9. The molecule has 6 nitrogen and oxygen atoms in total. The molecule has 1 aromatic carbocycles. The molecule has 1 aliphatic rings. The van der Waals surface area contributed by atoms with Crippen LogP contribution in [0, 0.1) is 12.7 Å². The zero-order chi connectivity index (χ0) is 15.7. The van der Waals surface area contributed by atoms with Crippen molar-refractivity contribution in [2.24, 2.45) is 0 Å². The fourth-order valence-corrected chi connectivity index (χ4v) is 4.10. The van der Waals surface area contributed by atoms with Gasteiger partial charge in [0.25, 0.3) is 0 Å². The predicted octanol–water partition coefficient (Wildman–Crippen LogP) is 1.62. The van der Waals surface area contributed by atoms with Crippen LogP contribution in [0.1, 0.15) is 17.6 Å². The van der Waals surface area contributed by atoms with Gasteiger partial charge in [-0.3, -0.25) is 0 Å². The van der Waals surface area contributed by atoms with Crippen LogP contribution in [0.4, 0.5) is 4.39 Å². The van der Waals surface area contributed by atoms with E-state index in [2.05, 4.69) is 9.97 Å². The van der Waals surface area contributed by atoms with Crippen LogP contribution in [0.15, 0.2) is 35.4 Å². The van der Waals surface area contributed by atoms with Gasteiger partial charge in [0.2, 0.25) is 10.0 Å². The molecule has 2 aromatic rings. The van der Waals surface area contributed by atoms with E-state index in [-0.39, 0.29) is 24.7 Å². The van der Waals surface area contributed by atoms with Crippen LogP contribution in [-0.2, 0) is 14.8 Å². The summed E-state index contributed by atoms with van der Waals surface area (Å²) in [5.41, 5.74) is 0.823. The van der Waals surface area contributed by atoms with E-state index in [0.29, 0.717) is 5.82 Å². The third-order valence-corrected chi connectivity index (χ3v) is 5.48. The van der Waals surface area contributed by atoms with Crippen molar-refractivity contribution < 1.29 is 17.5 Å². The normalized spacial score (nSPS) is 20.2. The summed E-state index contributed by atoms with van der Waals surface area (Å²) < 4.78 is 46.1. The third-order valence-electron chi connectivity index (χ3n) is 3.54. The van der Waals surface area contributed by atoms with Crippen molar-refractivity contribution in [2.75, 3.05) is 19.8 Å². The van der Waals surface area contributed by atoms with E-state index in [1.807, 2.05) is 6.92 Å². The number of ether oxygens (including phenoxy) is 1. The fraction of sp³-hybridized carbons (Fsp3) is 0.357. The fourth-order valence-electron chi connectivity index (χ4n) is 2.47. The van der Waals surface area contributed by atoms with Crippen LogP contribution < -0.4 is 0 Å². The smallest absolute Gasteiger partial charge is 0.246 e. The van der Waals surface area contributed by atoms with E-state index in [1.54, 1.807) is 6.20 Å². The number of morpholine rings is 1. The number of benzene rings is 1. The van der Waals surface area contributed by atoms with Gasteiger partial charge in [0, 0.05) is 18.4 Å². The Hall–Kier alpha value is -1.77. The lowest BCUT2D eigenvalue weighted by Gasteiger charge is -2.33. The summed E-state index contributed by atoms with van der Waals surface area (Å²) in [7, 11) is -3.96. The minimum absolute atomic E-state index is 0.154. The molecule has 2 heterocycles. The zero-order valence-electron chi connectivity index (χ0n) is 12.0. The highest BCUT2D eigenvalue weighted by Gasteiger charge is 2.37. The van der Waals surface area contributed by atoms with Gasteiger partial charge in [0.1, 0.15) is 22.6 Å². The number of H-pyrrole nitrogens is 1. The molecule has 0 spiro atoms. The lowest BCUT2D eigenvalue weighted by atomic mass is 10.2. The molecule has 3 rings (SSSR count). The van der Waals surface area contributed by atoms with Gasteiger partial charge in [-0.1, -0.05) is 12.1 Å². The van der Waals surface area contributed by atoms with Crippen molar-refractivity contribution in [1.82, 2.24) is 14.3 Å². The molecule has 0 aliphatic carbocycles. The van der Waals surface area contributed by atoms with E-state index in [1.165, 1.54) is 22.5 Å². The van der Waals surface area contributed by atoms with Crippen LogP contribution in [0.5, 0.6) is 0 Å². The molecule has 118 valence electrons. The van der Waals surface area contributed by atoms with Crippen LogP contribution in [0.2, 0.25) is 0 Å². The number of aryl methyl sites for hydroxylation is 1. The van der Waals surface area contributed by atoms with E-state index in [0.717, 1.165) is 11.8 Å². The number of nitrogens with zero attached hydrogens (tertiary/aromatic N) is 2. The van der Waals surface area contributed by atoms with Crippen molar-refractivity contribution >= 4 is 10.0 Å². The van der Waals surface area contributed by atoms with Gasteiger partial charge >= 0.3 is 0 Å². The molecular weight excluding hydrogens is 309 g/mol. The maximum Gasteiger partial charge on any atom is 0.246 e. The average Bonchev–Trinajstić information content (AvgIpc) is 2.94. The minimum atomic E-state index is -3.96. The second-order valence-corrected chi connectivity index (χ2v) is 6.95. The highest BCUT2D eigenvalue weighted by atomic mass is 32.2. The lowest BCUT2D eigenvalue weighted by Crippen LogP contribution is -2.44. The maximum absolute atomic E-state index is 13.9. The van der Waals surface area contributed by atoms with Gasteiger partial charge in [0.15, 0.2) is 0 Å². The summed E-state index contributed by atoms with van der Waals surface area (Å²) in [6, 6.07) is 4.78. The number of imidazole rings is 1. The number of rotatable bonds is 3. The minimum Gasteiger partial charge on any atom is -0.378 e. The molecular formula is C14H16FN3O3S.